The first kappa shape index (κ1) is 5.87. The van der Waals surface area contributed by atoms with Crippen LogP contribution in [0.25, 0.3) is 0 Å². The SMILES string of the molecule is CN1[CH]NN=C(O)C1=O. The summed E-state index contributed by atoms with van der Waals surface area (Å²) in [6.07, 6.45) is 0. The topological polar surface area (TPSA) is 64.9 Å². The van der Waals surface area contributed by atoms with Crippen molar-refractivity contribution < 1.29 is 9.90 Å². The van der Waals surface area contributed by atoms with Crippen LogP contribution in [0.5, 0.6) is 0 Å². The third kappa shape index (κ3) is 0.933. The van der Waals surface area contributed by atoms with Crippen molar-refractivity contribution in [3.63, 3.8) is 0 Å². The van der Waals surface area contributed by atoms with Gasteiger partial charge in [-0.05, 0) is 0 Å². The van der Waals surface area contributed by atoms with E-state index in [0.717, 1.165) is 0 Å². The molecule has 0 aromatic heterocycles. The van der Waals surface area contributed by atoms with Crippen LogP contribution in [0.15, 0.2) is 5.10 Å². The molecule has 1 radical (unpaired) electrons. The van der Waals surface area contributed by atoms with Gasteiger partial charge in [0.25, 0.3) is 5.90 Å². The minimum Gasteiger partial charge on any atom is -0.488 e. The third-order valence-electron chi connectivity index (χ3n) is 0.933. The Morgan fingerprint density at radius 2 is 2.56 bits per heavy atom. The van der Waals surface area contributed by atoms with E-state index >= 15 is 0 Å². The second-order valence-electron chi connectivity index (χ2n) is 1.61. The van der Waals surface area contributed by atoms with Gasteiger partial charge in [-0.15, -0.1) is 5.10 Å². The quantitative estimate of drug-likeness (QED) is 0.441. The lowest BCUT2D eigenvalue weighted by Crippen LogP contribution is -2.39. The fourth-order valence-electron chi connectivity index (χ4n) is 0.441. The molecule has 5 heteroatoms. The van der Waals surface area contributed by atoms with E-state index in [2.05, 4.69) is 10.5 Å². The summed E-state index contributed by atoms with van der Waals surface area (Å²) < 4.78 is 0. The summed E-state index contributed by atoms with van der Waals surface area (Å²) in [5.41, 5.74) is 2.33. The summed E-state index contributed by atoms with van der Waals surface area (Å²) in [6, 6.07) is 0. The Morgan fingerprint density at radius 1 is 1.89 bits per heavy atom. The van der Waals surface area contributed by atoms with Crippen LogP contribution in [0, 0.1) is 6.67 Å². The number of hydrazone groups is 1. The Balaban J connectivity index is 2.74. The number of hydrogen-bond acceptors (Lipinski definition) is 3. The molecule has 0 atom stereocenters. The van der Waals surface area contributed by atoms with Crippen molar-refractivity contribution in [2.75, 3.05) is 7.05 Å². The molecular weight excluding hydrogens is 122 g/mol. The molecule has 0 aliphatic carbocycles. The Morgan fingerprint density at radius 3 is 3.00 bits per heavy atom. The zero-order valence-corrected chi connectivity index (χ0v) is 4.83. The number of nitrogens with one attached hydrogen (secondary N) is 1. The van der Waals surface area contributed by atoms with Crippen LogP contribution >= 0.6 is 0 Å². The van der Waals surface area contributed by atoms with E-state index < -0.39 is 11.8 Å². The van der Waals surface area contributed by atoms with Crippen molar-refractivity contribution >= 4 is 11.8 Å². The smallest absolute Gasteiger partial charge is 0.312 e. The van der Waals surface area contributed by atoms with Crippen molar-refractivity contribution in [3.05, 3.63) is 6.67 Å². The number of likely N-dealkylation sites (N-methyl/N-ethyl adjacent to an activating group) is 1. The standard InChI is InChI=1S/C4H6N3O2/c1-7-2-5-6-3(8)4(7)9/h2,5H,1H3,(H,6,8). The van der Waals surface area contributed by atoms with Crippen LogP contribution < -0.4 is 5.43 Å². The van der Waals surface area contributed by atoms with Gasteiger partial charge in [-0.3, -0.25) is 10.2 Å². The maximum atomic E-state index is 10.6. The van der Waals surface area contributed by atoms with E-state index in [1.165, 1.54) is 18.6 Å². The summed E-state index contributed by atoms with van der Waals surface area (Å²) in [7, 11) is 1.51. The molecule has 0 aromatic rings. The Labute approximate surface area is 52.0 Å². The normalized spacial score (nSPS) is 19.0. The average molecular weight is 128 g/mol. The molecule has 0 aromatic carbocycles. The molecule has 1 heterocycles. The van der Waals surface area contributed by atoms with Crippen LogP contribution in [0.4, 0.5) is 0 Å². The molecule has 5 nitrogen and oxygen atoms in total. The van der Waals surface area contributed by atoms with Crippen molar-refractivity contribution in [2.24, 2.45) is 5.10 Å². The van der Waals surface area contributed by atoms with Crippen LogP contribution in [0.3, 0.4) is 0 Å². The molecule has 1 rings (SSSR count). The molecule has 2 N–H and O–H groups in total. The molecule has 1 amide bonds. The number of carbonyl (C=O) groups is 1. The highest BCUT2D eigenvalue weighted by Gasteiger charge is 2.18. The molecule has 0 spiro atoms. The third-order valence-corrected chi connectivity index (χ3v) is 0.933. The fraction of sp³-hybridized carbons (Fsp3) is 0.250. The maximum Gasteiger partial charge on any atom is 0.312 e. The van der Waals surface area contributed by atoms with Gasteiger partial charge in [0.2, 0.25) is 0 Å². The van der Waals surface area contributed by atoms with E-state index in [0.29, 0.717) is 0 Å². The van der Waals surface area contributed by atoms with Crippen LogP contribution in [-0.2, 0) is 4.79 Å². The average Bonchev–Trinajstić information content (AvgIpc) is 1.83. The summed E-state index contributed by atoms with van der Waals surface area (Å²) in [5.74, 6) is -1.02. The largest absolute Gasteiger partial charge is 0.488 e. The molecule has 0 bridgehead atoms. The highest BCUT2D eigenvalue weighted by atomic mass is 16.3. The molecule has 49 valence electrons. The highest BCUT2D eigenvalue weighted by molar-refractivity contribution is 6.34. The first-order valence-corrected chi connectivity index (χ1v) is 2.34. The minimum absolute atomic E-state index is 0.506. The Kier molecular flexibility index (Phi) is 1.26. The van der Waals surface area contributed by atoms with Crippen LogP contribution in [0.2, 0.25) is 0 Å². The molecule has 1 aliphatic rings. The lowest BCUT2D eigenvalue weighted by Gasteiger charge is -2.17. The van der Waals surface area contributed by atoms with E-state index in [9.17, 15) is 4.79 Å². The minimum atomic E-state index is -0.514. The van der Waals surface area contributed by atoms with E-state index in [4.69, 9.17) is 5.11 Å². The highest BCUT2D eigenvalue weighted by Crippen LogP contribution is 1.92. The fourth-order valence-corrected chi connectivity index (χ4v) is 0.441. The number of aliphatic hydroxyl groups is 1. The van der Waals surface area contributed by atoms with Crippen molar-refractivity contribution in [1.82, 2.24) is 10.3 Å². The number of carbonyl (C=O) groups excluding carboxylic acids is 1. The van der Waals surface area contributed by atoms with Gasteiger partial charge in [0.1, 0.15) is 0 Å². The van der Waals surface area contributed by atoms with Gasteiger partial charge in [-0.2, -0.15) is 0 Å². The zero-order valence-electron chi connectivity index (χ0n) is 4.83. The molecular formula is C4H6N3O2. The van der Waals surface area contributed by atoms with Crippen LogP contribution in [0.1, 0.15) is 0 Å². The second-order valence-corrected chi connectivity index (χ2v) is 1.61. The number of aliphatic hydroxyl groups excluding tert-OH is 1. The van der Waals surface area contributed by atoms with Gasteiger partial charge in [0.05, 0.1) is 0 Å². The zero-order chi connectivity index (χ0) is 6.85. The lowest BCUT2D eigenvalue weighted by atomic mass is 10.5. The van der Waals surface area contributed by atoms with E-state index in [-0.39, 0.29) is 0 Å². The van der Waals surface area contributed by atoms with Gasteiger partial charge in [0, 0.05) is 7.05 Å². The molecule has 1 aliphatic heterocycles. The van der Waals surface area contributed by atoms with Gasteiger partial charge < -0.3 is 10.0 Å². The first-order valence-electron chi connectivity index (χ1n) is 2.34. The van der Waals surface area contributed by atoms with Gasteiger partial charge >= 0.3 is 5.91 Å². The van der Waals surface area contributed by atoms with E-state index in [1.54, 1.807) is 0 Å². The van der Waals surface area contributed by atoms with Gasteiger partial charge in [-0.1, -0.05) is 0 Å². The number of hydrogen-bond donors (Lipinski definition) is 2. The first-order chi connectivity index (χ1) is 4.22. The Hall–Kier alpha value is -1.26. The molecule has 9 heavy (non-hydrogen) atoms. The van der Waals surface area contributed by atoms with Gasteiger partial charge in [-0.25, -0.2) is 0 Å². The lowest BCUT2D eigenvalue weighted by molar-refractivity contribution is -0.123. The second kappa shape index (κ2) is 1.93. The summed E-state index contributed by atoms with van der Waals surface area (Å²) in [6.45, 7) is 1.35. The molecule has 0 fully saturated rings. The summed E-state index contributed by atoms with van der Waals surface area (Å²) >= 11 is 0. The maximum absolute atomic E-state index is 10.6. The molecule has 0 unspecified atom stereocenters. The Bertz CT molecular complexity index is 165. The van der Waals surface area contributed by atoms with Crippen molar-refractivity contribution in [2.45, 2.75) is 0 Å². The summed E-state index contributed by atoms with van der Waals surface area (Å²) in [5, 5.41) is 11.9. The number of amides is 1. The number of rotatable bonds is 0. The molecule has 0 saturated heterocycles. The van der Waals surface area contributed by atoms with Gasteiger partial charge in [0.15, 0.2) is 6.67 Å². The number of nitrogens with zero attached hydrogens (tertiary/aromatic N) is 2. The predicted molar refractivity (Wildman–Crippen MR) is 30.3 cm³/mol. The molecule has 0 saturated carbocycles. The van der Waals surface area contributed by atoms with E-state index in [1.807, 2.05) is 0 Å². The predicted octanol–water partition coefficient (Wildman–Crippen LogP) is -0.961. The van der Waals surface area contributed by atoms with Crippen LogP contribution in [-0.4, -0.2) is 28.9 Å². The van der Waals surface area contributed by atoms with Crippen molar-refractivity contribution in [1.29, 1.82) is 0 Å². The summed E-state index contributed by atoms with van der Waals surface area (Å²) in [4.78, 5) is 11.8. The monoisotopic (exact) mass is 128 g/mol. The van der Waals surface area contributed by atoms with Crippen molar-refractivity contribution in [3.8, 4) is 0 Å².